The monoisotopic (exact) mass is 653 g/mol. The molecule has 0 saturated heterocycles. The van der Waals surface area contributed by atoms with E-state index in [0.717, 1.165) is 57.8 Å². The van der Waals surface area contributed by atoms with Gasteiger partial charge >= 0.3 is 5.97 Å². The van der Waals surface area contributed by atoms with Crippen LogP contribution in [0.25, 0.3) is 0 Å². The molecule has 4 N–H and O–H groups in total. The number of ether oxygens (including phenoxy) is 5. The molecule has 0 bridgehead atoms. The van der Waals surface area contributed by atoms with Gasteiger partial charge in [0.15, 0.2) is 0 Å². The number of unbranched alkanes of at least 4 members (excludes halogenated alkanes) is 7. The van der Waals surface area contributed by atoms with E-state index in [1.165, 1.54) is 12.1 Å². The maximum absolute atomic E-state index is 12.0. The number of carboxylic acids is 1. The van der Waals surface area contributed by atoms with Crippen LogP contribution >= 0.6 is 0 Å². The summed E-state index contributed by atoms with van der Waals surface area (Å²) < 4.78 is 26.9. The predicted molar refractivity (Wildman–Crippen MR) is 173 cm³/mol. The van der Waals surface area contributed by atoms with Gasteiger partial charge in [-0.1, -0.05) is 45.4 Å². The Balaban J connectivity index is 1.79. The van der Waals surface area contributed by atoms with Crippen molar-refractivity contribution in [2.45, 2.75) is 71.1 Å². The van der Waals surface area contributed by atoms with Crippen LogP contribution in [0.2, 0.25) is 0 Å². The molecule has 0 aliphatic heterocycles. The number of hydrogen-bond acceptors (Lipinski definition) is 9. The number of carbonyl (C=O) groups excluding carboxylic acids is 3. The van der Waals surface area contributed by atoms with Crippen LogP contribution in [0.1, 0.15) is 81.5 Å². The molecule has 3 amide bonds. The Labute approximate surface area is 273 Å². The van der Waals surface area contributed by atoms with Crippen molar-refractivity contribution in [3.8, 4) is 5.75 Å². The van der Waals surface area contributed by atoms with E-state index in [0.29, 0.717) is 71.4 Å². The summed E-state index contributed by atoms with van der Waals surface area (Å²) in [4.78, 5) is 46.1. The van der Waals surface area contributed by atoms with Gasteiger partial charge in [-0.25, -0.2) is 4.79 Å². The highest BCUT2D eigenvalue weighted by Gasteiger charge is 2.04. The molecule has 1 rings (SSSR count). The fourth-order valence-electron chi connectivity index (χ4n) is 4.05. The number of rotatable bonds is 31. The maximum atomic E-state index is 12.0. The number of hydrogen-bond donors (Lipinski definition) is 4. The van der Waals surface area contributed by atoms with Gasteiger partial charge in [0.1, 0.15) is 19.0 Å². The van der Waals surface area contributed by atoms with E-state index >= 15 is 0 Å². The summed E-state index contributed by atoms with van der Waals surface area (Å²) in [6.45, 7) is 6.01. The molecule has 0 heterocycles. The number of benzene rings is 1. The number of carbonyl (C=O) groups is 4. The largest absolute Gasteiger partial charge is 0.494 e. The molecular weight excluding hydrogens is 598 g/mol. The SMILES string of the molecule is CCCCNC(=O)COCCOCCNC(=O)COCCOCCNC(=O)CCCCCCCCCOc1ccc(C(=O)O)cc1. The third-order valence-electron chi connectivity index (χ3n) is 6.62. The molecular formula is C33H55N3O10. The molecule has 0 radical (unpaired) electrons. The van der Waals surface area contributed by atoms with Crippen LogP contribution in [0, 0.1) is 0 Å². The van der Waals surface area contributed by atoms with Crippen molar-refractivity contribution in [1.82, 2.24) is 16.0 Å². The summed E-state index contributed by atoms with van der Waals surface area (Å²) in [5.41, 5.74) is 0.248. The van der Waals surface area contributed by atoms with Crippen LogP contribution < -0.4 is 20.7 Å². The Morgan fingerprint density at radius 2 is 1.07 bits per heavy atom. The summed E-state index contributed by atoms with van der Waals surface area (Å²) in [5, 5.41) is 17.2. The molecule has 0 unspecified atom stereocenters. The molecule has 0 spiro atoms. The second-order valence-corrected chi connectivity index (χ2v) is 10.6. The third kappa shape index (κ3) is 25.0. The minimum atomic E-state index is -0.946. The Morgan fingerprint density at radius 1 is 0.565 bits per heavy atom. The Kier molecular flexibility index (Phi) is 25.8. The maximum Gasteiger partial charge on any atom is 0.335 e. The average molecular weight is 654 g/mol. The minimum Gasteiger partial charge on any atom is -0.494 e. The second-order valence-electron chi connectivity index (χ2n) is 10.6. The molecule has 0 aliphatic rings. The molecule has 0 fully saturated rings. The molecule has 13 nitrogen and oxygen atoms in total. The van der Waals surface area contributed by atoms with Crippen LogP contribution in [-0.4, -0.2) is 108 Å². The predicted octanol–water partition coefficient (Wildman–Crippen LogP) is 3.10. The van der Waals surface area contributed by atoms with Crippen molar-refractivity contribution in [1.29, 1.82) is 0 Å². The van der Waals surface area contributed by atoms with E-state index in [9.17, 15) is 19.2 Å². The first kappa shape index (κ1) is 40.8. The first-order valence-corrected chi connectivity index (χ1v) is 16.5. The van der Waals surface area contributed by atoms with Crippen molar-refractivity contribution in [2.75, 3.05) is 79.1 Å². The zero-order valence-corrected chi connectivity index (χ0v) is 27.5. The van der Waals surface area contributed by atoms with E-state index in [-0.39, 0.29) is 43.1 Å². The highest BCUT2D eigenvalue weighted by Crippen LogP contribution is 2.14. The first-order chi connectivity index (χ1) is 22.4. The van der Waals surface area contributed by atoms with Crippen molar-refractivity contribution < 1.29 is 48.0 Å². The highest BCUT2D eigenvalue weighted by molar-refractivity contribution is 5.87. The molecule has 46 heavy (non-hydrogen) atoms. The van der Waals surface area contributed by atoms with Crippen molar-refractivity contribution in [3.05, 3.63) is 29.8 Å². The van der Waals surface area contributed by atoms with Crippen LogP contribution in [0.5, 0.6) is 5.75 Å². The van der Waals surface area contributed by atoms with E-state index in [4.69, 9.17) is 28.8 Å². The Hall–Kier alpha value is -3.26. The van der Waals surface area contributed by atoms with E-state index in [2.05, 4.69) is 22.9 Å². The summed E-state index contributed by atoms with van der Waals surface area (Å²) in [5.74, 6) is -0.624. The lowest BCUT2D eigenvalue weighted by Crippen LogP contribution is -2.31. The molecule has 0 aliphatic carbocycles. The fraction of sp³-hybridized carbons (Fsp3) is 0.697. The van der Waals surface area contributed by atoms with Crippen molar-refractivity contribution in [2.24, 2.45) is 0 Å². The molecule has 0 saturated carbocycles. The molecule has 1 aromatic rings. The van der Waals surface area contributed by atoms with Crippen LogP contribution in [0.4, 0.5) is 0 Å². The van der Waals surface area contributed by atoms with Crippen molar-refractivity contribution in [3.63, 3.8) is 0 Å². The van der Waals surface area contributed by atoms with Gasteiger partial charge in [-0.15, -0.1) is 0 Å². The summed E-state index contributed by atoms with van der Waals surface area (Å²) in [6.07, 6.45) is 9.71. The quantitative estimate of drug-likeness (QED) is 0.0874. The lowest BCUT2D eigenvalue weighted by atomic mass is 10.1. The zero-order valence-electron chi connectivity index (χ0n) is 27.5. The van der Waals surface area contributed by atoms with Crippen molar-refractivity contribution >= 4 is 23.7 Å². The van der Waals surface area contributed by atoms with Gasteiger partial charge in [0, 0.05) is 26.1 Å². The second kappa shape index (κ2) is 29.2. The molecule has 0 aromatic heterocycles. The number of nitrogens with one attached hydrogen (secondary N) is 3. The zero-order chi connectivity index (χ0) is 33.5. The summed E-state index contributed by atoms with van der Waals surface area (Å²) >= 11 is 0. The lowest BCUT2D eigenvalue weighted by molar-refractivity contribution is -0.127. The molecule has 0 atom stereocenters. The minimum absolute atomic E-state index is 0.0134. The molecule has 13 heteroatoms. The molecule has 1 aromatic carbocycles. The summed E-state index contributed by atoms with van der Waals surface area (Å²) in [6, 6.07) is 6.43. The third-order valence-corrected chi connectivity index (χ3v) is 6.62. The number of amides is 3. The van der Waals surface area contributed by atoms with Crippen LogP contribution in [-0.2, 0) is 33.3 Å². The van der Waals surface area contributed by atoms with E-state index in [1.807, 2.05) is 0 Å². The smallest absolute Gasteiger partial charge is 0.335 e. The Morgan fingerprint density at radius 3 is 1.63 bits per heavy atom. The van der Waals surface area contributed by atoms with Gasteiger partial charge < -0.3 is 44.7 Å². The normalized spacial score (nSPS) is 10.8. The van der Waals surface area contributed by atoms with Crippen LogP contribution in [0.15, 0.2) is 24.3 Å². The van der Waals surface area contributed by atoms with E-state index < -0.39 is 5.97 Å². The number of aromatic carboxylic acids is 1. The Bertz CT molecular complexity index is 946. The fourth-order valence-corrected chi connectivity index (χ4v) is 4.05. The van der Waals surface area contributed by atoms with Gasteiger partial charge in [-0.2, -0.15) is 0 Å². The molecule has 262 valence electrons. The van der Waals surface area contributed by atoms with Gasteiger partial charge in [0.25, 0.3) is 0 Å². The number of carboxylic acid groups (broad SMARTS) is 1. The lowest BCUT2D eigenvalue weighted by Gasteiger charge is -2.09. The highest BCUT2D eigenvalue weighted by atomic mass is 16.5. The standard InChI is InChI=1S/C33H55N3O10/c1-2-3-16-34-31(38)26-44-24-23-43-21-18-36-32(39)27-45-25-22-42-20-17-35-30(37)11-9-7-5-4-6-8-10-19-46-29-14-12-28(13-15-29)33(40)41/h12-15H,2-11,16-27H2,1H3,(H,34,38)(H,35,37)(H,36,39)(H,40,41). The average Bonchev–Trinajstić information content (AvgIpc) is 3.04. The van der Waals surface area contributed by atoms with Gasteiger partial charge in [0.2, 0.25) is 17.7 Å². The topological polar surface area (TPSA) is 171 Å². The van der Waals surface area contributed by atoms with Gasteiger partial charge in [0.05, 0.1) is 51.8 Å². The summed E-state index contributed by atoms with van der Waals surface area (Å²) in [7, 11) is 0. The van der Waals surface area contributed by atoms with Gasteiger partial charge in [-0.05, 0) is 43.5 Å². The van der Waals surface area contributed by atoms with Gasteiger partial charge in [-0.3, -0.25) is 14.4 Å². The van der Waals surface area contributed by atoms with E-state index in [1.54, 1.807) is 12.1 Å². The van der Waals surface area contributed by atoms with Crippen LogP contribution in [0.3, 0.4) is 0 Å². The first-order valence-electron chi connectivity index (χ1n) is 16.5.